The molecule has 0 saturated heterocycles. The Labute approximate surface area is 110 Å². The van der Waals surface area contributed by atoms with Crippen LogP contribution in [0.1, 0.15) is 37.6 Å². The number of aryl methyl sites for hydroxylation is 2. The van der Waals surface area contributed by atoms with Gasteiger partial charge in [-0.25, -0.2) is 4.98 Å². The number of rotatable bonds is 4. The van der Waals surface area contributed by atoms with Crippen LogP contribution in [0.15, 0.2) is 30.7 Å². The van der Waals surface area contributed by atoms with Crippen molar-refractivity contribution < 1.29 is 0 Å². The number of aromatic nitrogens is 2. The molecule has 2 nitrogen and oxygen atoms in total. The van der Waals surface area contributed by atoms with E-state index in [0.29, 0.717) is 5.92 Å². The fourth-order valence-electron chi connectivity index (χ4n) is 2.37. The van der Waals surface area contributed by atoms with Gasteiger partial charge in [-0.05, 0) is 48.9 Å². The predicted octanol–water partition coefficient (Wildman–Crippen LogP) is 3.94. The van der Waals surface area contributed by atoms with E-state index in [1.165, 1.54) is 22.5 Å². The summed E-state index contributed by atoms with van der Waals surface area (Å²) in [5.41, 5.74) is 5.33. The van der Waals surface area contributed by atoms with Crippen LogP contribution >= 0.6 is 0 Å². The van der Waals surface area contributed by atoms with Gasteiger partial charge in [-0.3, -0.25) is 0 Å². The first-order valence-corrected chi connectivity index (χ1v) is 6.73. The van der Waals surface area contributed by atoms with Crippen molar-refractivity contribution in [1.29, 1.82) is 0 Å². The first-order valence-electron chi connectivity index (χ1n) is 6.73. The lowest BCUT2D eigenvalue weighted by Gasteiger charge is -2.14. The normalized spacial score (nSPS) is 11.2. The van der Waals surface area contributed by atoms with Crippen LogP contribution < -0.4 is 0 Å². The van der Waals surface area contributed by atoms with Crippen molar-refractivity contribution in [3.63, 3.8) is 0 Å². The Morgan fingerprint density at radius 2 is 2.00 bits per heavy atom. The van der Waals surface area contributed by atoms with Gasteiger partial charge in [0.1, 0.15) is 0 Å². The number of hydrogen-bond acceptors (Lipinski definition) is 1. The molecular formula is C16H22N2. The maximum atomic E-state index is 4.19. The van der Waals surface area contributed by atoms with Gasteiger partial charge in [-0.1, -0.05) is 26.8 Å². The lowest BCUT2D eigenvalue weighted by atomic mass is 9.96. The molecule has 0 bridgehead atoms. The van der Waals surface area contributed by atoms with E-state index in [1.807, 2.05) is 12.5 Å². The van der Waals surface area contributed by atoms with E-state index in [0.717, 1.165) is 12.8 Å². The van der Waals surface area contributed by atoms with Crippen LogP contribution in [-0.2, 0) is 12.8 Å². The van der Waals surface area contributed by atoms with E-state index in [4.69, 9.17) is 0 Å². The maximum Gasteiger partial charge on any atom is 0.0994 e. The van der Waals surface area contributed by atoms with E-state index in [9.17, 15) is 0 Å². The number of benzene rings is 1. The first-order chi connectivity index (χ1) is 8.61. The third-order valence-electron chi connectivity index (χ3n) is 3.30. The number of hydrogen-bond donors (Lipinski definition) is 0. The average Bonchev–Trinajstić information content (AvgIpc) is 2.74. The molecule has 1 aromatic heterocycles. The lowest BCUT2D eigenvalue weighted by Crippen LogP contribution is -2.02. The number of imidazole rings is 1. The molecule has 96 valence electrons. The Morgan fingerprint density at radius 3 is 2.56 bits per heavy atom. The molecule has 2 aromatic rings. The van der Waals surface area contributed by atoms with Gasteiger partial charge in [-0.2, -0.15) is 0 Å². The van der Waals surface area contributed by atoms with Crippen molar-refractivity contribution in [2.24, 2.45) is 5.92 Å². The highest BCUT2D eigenvalue weighted by molar-refractivity contribution is 5.42. The largest absolute Gasteiger partial charge is 0.304 e. The molecular weight excluding hydrogens is 220 g/mol. The van der Waals surface area contributed by atoms with Gasteiger partial charge < -0.3 is 4.57 Å². The topological polar surface area (TPSA) is 17.8 Å². The van der Waals surface area contributed by atoms with Crippen LogP contribution in [0.2, 0.25) is 0 Å². The Bertz CT molecular complexity index is 524. The van der Waals surface area contributed by atoms with Gasteiger partial charge in [0.15, 0.2) is 0 Å². The molecule has 0 atom stereocenters. The molecule has 0 aliphatic heterocycles. The summed E-state index contributed by atoms with van der Waals surface area (Å²) in [6.45, 7) is 8.85. The third-order valence-corrected chi connectivity index (χ3v) is 3.30. The van der Waals surface area contributed by atoms with E-state index < -0.39 is 0 Å². The summed E-state index contributed by atoms with van der Waals surface area (Å²) in [6, 6.07) is 6.76. The summed E-state index contributed by atoms with van der Waals surface area (Å²) < 4.78 is 2.14. The molecule has 18 heavy (non-hydrogen) atoms. The van der Waals surface area contributed by atoms with Gasteiger partial charge in [0, 0.05) is 17.6 Å². The standard InChI is InChI=1S/C16H22N2/c1-5-14-6-7-16(9-15(14)8-12(2)3)18-11-17-10-13(18)4/h6-7,9-12H,5,8H2,1-4H3. The molecule has 0 saturated carbocycles. The second-order valence-electron chi connectivity index (χ2n) is 5.31. The first kappa shape index (κ1) is 12.9. The fourth-order valence-corrected chi connectivity index (χ4v) is 2.37. The van der Waals surface area contributed by atoms with Crippen molar-refractivity contribution >= 4 is 0 Å². The summed E-state index contributed by atoms with van der Waals surface area (Å²) in [5, 5.41) is 0. The fraction of sp³-hybridized carbons (Fsp3) is 0.438. The zero-order valence-corrected chi connectivity index (χ0v) is 11.8. The highest BCUT2D eigenvalue weighted by atomic mass is 15.0. The summed E-state index contributed by atoms with van der Waals surface area (Å²) in [4.78, 5) is 4.19. The maximum absolute atomic E-state index is 4.19. The molecule has 0 N–H and O–H groups in total. The van der Waals surface area contributed by atoms with Crippen LogP contribution in [0.5, 0.6) is 0 Å². The van der Waals surface area contributed by atoms with Crippen LogP contribution in [0.4, 0.5) is 0 Å². The molecule has 1 aromatic carbocycles. The van der Waals surface area contributed by atoms with Gasteiger partial charge in [0.05, 0.1) is 6.33 Å². The minimum atomic E-state index is 0.689. The van der Waals surface area contributed by atoms with Crippen LogP contribution in [-0.4, -0.2) is 9.55 Å². The van der Waals surface area contributed by atoms with Gasteiger partial charge in [-0.15, -0.1) is 0 Å². The van der Waals surface area contributed by atoms with Crippen molar-refractivity contribution in [3.05, 3.63) is 47.5 Å². The summed E-state index contributed by atoms with van der Waals surface area (Å²) >= 11 is 0. The van der Waals surface area contributed by atoms with Gasteiger partial charge >= 0.3 is 0 Å². The van der Waals surface area contributed by atoms with Crippen LogP contribution in [0.25, 0.3) is 5.69 Å². The average molecular weight is 242 g/mol. The zero-order chi connectivity index (χ0) is 13.1. The molecule has 0 radical (unpaired) electrons. The molecule has 2 rings (SSSR count). The molecule has 0 unspecified atom stereocenters. The zero-order valence-electron chi connectivity index (χ0n) is 11.8. The van der Waals surface area contributed by atoms with E-state index in [-0.39, 0.29) is 0 Å². The van der Waals surface area contributed by atoms with E-state index >= 15 is 0 Å². The Hall–Kier alpha value is -1.57. The molecule has 0 fully saturated rings. The van der Waals surface area contributed by atoms with E-state index in [2.05, 4.69) is 55.4 Å². The smallest absolute Gasteiger partial charge is 0.0994 e. The second-order valence-corrected chi connectivity index (χ2v) is 5.31. The molecule has 0 spiro atoms. The van der Waals surface area contributed by atoms with Crippen molar-refractivity contribution in [1.82, 2.24) is 9.55 Å². The minimum absolute atomic E-state index is 0.689. The molecule has 2 heteroatoms. The highest BCUT2D eigenvalue weighted by Crippen LogP contribution is 2.20. The monoisotopic (exact) mass is 242 g/mol. The molecule has 1 heterocycles. The molecule has 0 amide bonds. The van der Waals surface area contributed by atoms with Crippen LogP contribution in [0.3, 0.4) is 0 Å². The van der Waals surface area contributed by atoms with Crippen molar-refractivity contribution in [2.75, 3.05) is 0 Å². The summed E-state index contributed by atoms with van der Waals surface area (Å²) in [5.74, 6) is 0.689. The Morgan fingerprint density at radius 1 is 1.22 bits per heavy atom. The lowest BCUT2D eigenvalue weighted by molar-refractivity contribution is 0.643. The van der Waals surface area contributed by atoms with E-state index in [1.54, 1.807) is 0 Å². The summed E-state index contributed by atoms with van der Waals surface area (Å²) in [7, 11) is 0. The van der Waals surface area contributed by atoms with Crippen molar-refractivity contribution in [3.8, 4) is 5.69 Å². The Kier molecular flexibility index (Phi) is 3.85. The van der Waals surface area contributed by atoms with Crippen LogP contribution in [0, 0.1) is 12.8 Å². The van der Waals surface area contributed by atoms with Crippen molar-refractivity contribution in [2.45, 2.75) is 40.5 Å². The van der Waals surface area contributed by atoms with Gasteiger partial charge in [0.2, 0.25) is 0 Å². The number of nitrogens with zero attached hydrogens (tertiary/aromatic N) is 2. The predicted molar refractivity (Wildman–Crippen MR) is 76.2 cm³/mol. The molecule has 0 aliphatic rings. The minimum Gasteiger partial charge on any atom is -0.304 e. The summed E-state index contributed by atoms with van der Waals surface area (Å²) in [6.07, 6.45) is 6.03. The highest BCUT2D eigenvalue weighted by Gasteiger charge is 2.07. The Balaban J connectivity index is 2.42. The third kappa shape index (κ3) is 2.63. The molecule has 0 aliphatic carbocycles. The van der Waals surface area contributed by atoms with Gasteiger partial charge in [0.25, 0.3) is 0 Å². The quantitative estimate of drug-likeness (QED) is 0.794. The second kappa shape index (κ2) is 5.38. The SMILES string of the molecule is CCc1ccc(-n2cncc2C)cc1CC(C)C.